The van der Waals surface area contributed by atoms with E-state index in [4.69, 9.17) is 5.73 Å². The summed E-state index contributed by atoms with van der Waals surface area (Å²) in [4.78, 5) is 6.73. The van der Waals surface area contributed by atoms with E-state index in [2.05, 4.69) is 34.6 Å². The molecule has 6 heteroatoms. The maximum atomic E-state index is 6.01. The van der Waals surface area contributed by atoms with Crippen LogP contribution in [0.2, 0.25) is 0 Å². The fraction of sp³-hybridized carbons (Fsp3) is 0.200. The first-order valence-corrected chi connectivity index (χ1v) is 8.19. The largest absolute Gasteiger partial charge is 0.382 e. The fourth-order valence-electron chi connectivity index (χ4n) is 2.12. The van der Waals surface area contributed by atoms with Crippen LogP contribution in [0.4, 0.5) is 10.8 Å². The van der Waals surface area contributed by atoms with E-state index in [1.165, 1.54) is 26.9 Å². The van der Waals surface area contributed by atoms with Gasteiger partial charge in [-0.1, -0.05) is 0 Å². The second-order valence-electron chi connectivity index (χ2n) is 4.81. The minimum Gasteiger partial charge on any atom is -0.382 e. The normalized spacial score (nSPS) is 10.8. The zero-order valence-electron chi connectivity index (χ0n) is 11.9. The van der Waals surface area contributed by atoms with Crippen LogP contribution in [0.5, 0.6) is 0 Å². The lowest BCUT2D eigenvalue weighted by atomic mass is 10.1. The highest BCUT2D eigenvalue weighted by Gasteiger charge is 2.13. The molecule has 0 bridgehead atoms. The summed E-state index contributed by atoms with van der Waals surface area (Å²) in [7, 11) is 0. The van der Waals surface area contributed by atoms with Gasteiger partial charge in [0.1, 0.15) is 10.8 Å². The minimum atomic E-state index is 0.562. The molecule has 0 saturated heterocycles. The Labute approximate surface area is 131 Å². The van der Waals surface area contributed by atoms with Crippen molar-refractivity contribution in [3.63, 3.8) is 0 Å². The number of nitrogen functional groups attached to an aromatic ring is 1. The molecular weight excluding hydrogens is 300 g/mol. The Kier molecular flexibility index (Phi) is 3.90. The van der Waals surface area contributed by atoms with Crippen LogP contribution >= 0.6 is 22.9 Å². The monoisotopic (exact) mass is 316 g/mol. The van der Waals surface area contributed by atoms with Crippen molar-refractivity contribution in [2.75, 3.05) is 11.1 Å². The third-order valence-electron chi connectivity index (χ3n) is 3.33. The Bertz CT molecular complexity index is 727. The molecule has 0 atom stereocenters. The van der Waals surface area contributed by atoms with Crippen LogP contribution in [0, 0.1) is 13.8 Å². The summed E-state index contributed by atoms with van der Waals surface area (Å²) in [5, 5.41) is 4.46. The molecule has 0 aromatic carbocycles. The van der Waals surface area contributed by atoms with E-state index in [-0.39, 0.29) is 0 Å². The Morgan fingerprint density at radius 1 is 1.24 bits per heavy atom. The lowest BCUT2D eigenvalue weighted by molar-refractivity contribution is 1.20. The van der Waals surface area contributed by atoms with Crippen molar-refractivity contribution in [1.82, 2.24) is 9.36 Å². The molecule has 0 saturated carbocycles. The van der Waals surface area contributed by atoms with Gasteiger partial charge in [-0.15, -0.1) is 11.3 Å². The number of nitrogens with one attached hydrogen (secondary N) is 1. The second-order valence-corrected chi connectivity index (χ2v) is 6.93. The Morgan fingerprint density at radius 2 is 2.00 bits per heavy atom. The number of rotatable bonds is 4. The van der Waals surface area contributed by atoms with Gasteiger partial charge in [0.05, 0.1) is 12.1 Å². The van der Waals surface area contributed by atoms with Gasteiger partial charge in [0.2, 0.25) is 0 Å². The third kappa shape index (κ3) is 2.91. The quantitative estimate of drug-likeness (QED) is 0.761. The van der Waals surface area contributed by atoms with Crippen molar-refractivity contribution in [3.05, 3.63) is 45.9 Å². The number of hydrogen-bond donors (Lipinski definition) is 2. The van der Waals surface area contributed by atoms with E-state index in [0.717, 1.165) is 22.7 Å². The number of aromatic nitrogens is 2. The zero-order chi connectivity index (χ0) is 14.8. The maximum Gasteiger partial charge on any atom is 0.147 e. The van der Waals surface area contributed by atoms with Crippen LogP contribution in [0.25, 0.3) is 11.1 Å². The number of nitrogens with zero attached hydrogens (tertiary/aromatic N) is 2. The highest BCUT2D eigenvalue weighted by atomic mass is 32.1. The van der Waals surface area contributed by atoms with Crippen LogP contribution in [-0.4, -0.2) is 9.36 Å². The molecule has 108 valence electrons. The Hall–Kier alpha value is -1.92. The molecule has 3 aromatic heterocycles. The smallest absolute Gasteiger partial charge is 0.147 e. The lowest BCUT2D eigenvalue weighted by Crippen LogP contribution is -1.97. The van der Waals surface area contributed by atoms with Gasteiger partial charge in [-0.2, -0.15) is 4.37 Å². The number of nitrogens with two attached hydrogens (primary N) is 1. The van der Waals surface area contributed by atoms with Crippen molar-refractivity contribution in [2.24, 2.45) is 0 Å². The first-order chi connectivity index (χ1) is 10.1. The molecule has 0 aliphatic heterocycles. The van der Waals surface area contributed by atoms with Crippen molar-refractivity contribution in [3.8, 4) is 11.1 Å². The number of hydrogen-bond acceptors (Lipinski definition) is 6. The minimum absolute atomic E-state index is 0.562. The first kappa shape index (κ1) is 14.0. The van der Waals surface area contributed by atoms with Crippen LogP contribution in [0.1, 0.15) is 15.3 Å². The van der Waals surface area contributed by atoms with Gasteiger partial charge in [-0.3, -0.25) is 4.98 Å². The molecule has 3 aromatic rings. The molecule has 0 spiro atoms. The standard InChI is InChI=1S/C15H16N4S2/c1-9-7-12(20-10(9)2)8-18-15-13(14(16)19-21-15)11-3-5-17-6-4-11/h3-7,18H,8H2,1-2H3,(H2,16,19). The van der Waals surface area contributed by atoms with Gasteiger partial charge >= 0.3 is 0 Å². The molecule has 21 heavy (non-hydrogen) atoms. The lowest BCUT2D eigenvalue weighted by Gasteiger charge is -2.06. The van der Waals surface area contributed by atoms with Gasteiger partial charge in [-0.05, 0) is 54.7 Å². The molecular formula is C15H16N4S2. The van der Waals surface area contributed by atoms with Gasteiger partial charge < -0.3 is 11.1 Å². The van der Waals surface area contributed by atoms with Crippen molar-refractivity contribution >= 4 is 33.7 Å². The molecule has 0 radical (unpaired) electrons. The van der Waals surface area contributed by atoms with Gasteiger partial charge in [-0.25, -0.2) is 0 Å². The van der Waals surface area contributed by atoms with Gasteiger partial charge in [0.25, 0.3) is 0 Å². The van der Waals surface area contributed by atoms with E-state index < -0.39 is 0 Å². The molecule has 3 N–H and O–H groups in total. The van der Waals surface area contributed by atoms with Crippen LogP contribution < -0.4 is 11.1 Å². The van der Waals surface area contributed by atoms with Gasteiger partial charge in [0, 0.05) is 22.1 Å². The van der Waals surface area contributed by atoms with E-state index >= 15 is 0 Å². The van der Waals surface area contributed by atoms with Crippen LogP contribution in [-0.2, 0) is 6.54 Å². The molecule has 0 amide bonds. The summed E-state index contributed by atoms with van der Waals surface area (Å²) in [6, 6.07) is 6.12. The van der Waals surface area contributed by atoms with E-state index in [0.29, 0.717) is 5.82 Å². The fourth-order valence-corrected chi connectivity index (χ4v) is 3.85. The summed E-state index contributed by atoms with van der Waals surface area (Å²) in [5.74, 6) is 0.562. The number of aryl methyl sites for hydroxylation is 2. The highest BCUT2D eigenvalue weighted by Crippen LogP contribution is 2.37. The molecule has 3 rings (SSSR count). The first-order valence-electron chi connectivity index (χ1n) is 6.60. The number of anilines is 2. The van der Waals surface area contributed by atoms with E-state index in [1.54, 1.807) is 12.4 Å². The summed E-state index contributed by atoms with van der Waals surface area (Å²) in [6.45, 7) is 5.08. The number of pyridine rings is 1. The summed E-state index contributed by atoms with van der Waals surface area (Å²) in [5.41, 5.74) is 9.36. The van der Waals surface area contributed by atoms with E-state index in [1.807, 2.05) is 23.5 Å². The van der Waals surface area contributed by atoms with Crippen molar-refractivity contribution in [2.45, 2.75) is 20.4 Å². The molecule has 3 heterocycles. The average molecular weight is 316 g/mol. The predicted molar refractivity (Wildman–Crippen MR) is 90.9 cm³/mol. The topological polar surface area (TPSA) is 63.8 Å². The number of thiophene rings is 1. The maximum absolute atomic E-state index is 6.01. The molecule has 0 fully saturated rings. The van der Waals surface area contributed by atoms with Crippen LogP contribution in [0.15, 0.2) is 30.6 Å². The Balaban J connectivity index is 1.83. The second kappa shape index (κ2) is 5.83. The highest BCUT2D eigenvalue weighted by molar-refractivity contribution is 7.12. The van der Waals surface area contributed by atoms with Crippen molar-refractivity contribution in [1.29, 1.82) is 0 Å². The predicted octanol–water partition coefficient (Wildman–Crippen LogP) is 4.08. The summed E-state index contributed by atoms with van der Waals surface area (Å²) < 4.78 is 4.27. The molecule has 0 unspecified atom stereocenters. The summed E-state index contributed by atoms with van der Waals surface area (Å²) in [6.07, 6.45) is 3.53. The third-order valence-corrected chi connectivity index (χ3v) is 5.30. The molecule has 0 aliphatic rings. The summed E-state index contributed by atoms with van der Waals surface area (Å²) >= 11 is 3.22. The van der Waals surface area contributed by atoms with Crippen molar-refractivity contribution < 1.29 is 0 Å². The SMILES string of the molecule is Cc1cc(CNc2snc(N)c2-c2ccncc2)sc1C. The molecule has 0 aliphatic carbocycles. The van der Waals surface area contributed by atoms with E-state index in [9.17, 15) is 0 Å². The Morgan fingerprint density at radius 3 is 2.67 bits per heavy atom. The zero-order valence-corrected chi connectivity index (χ0v) is 13.5. The van der Waals surface area contributed by atoms with Crippen LogP contribution in [0.3, 0.4) is 0 Å². The average Bonchev–Trinajstić information content (AvgIpc) is 3.01. The van der Waals surface area contributed by atoms with Gasteiger partial charge in [0.15, 0.2) is 0 Å². The molecule has 4 nitrogen and oxygen atoms in total.